The lowest BCUT2D eigenvalue weighted by atomic mass is 10.3. The molecule has 0 aliphatic heterocycles. The summed E-state index contributed by atoms with van der Waals surface area (Å²) in [7, 11) is -3.49. The standard InChI is InChI=1S/C13H11BrN2O2S3/c1-8-6-12(20-13(8)14)21(17,18)15-7-11-16-9-4-2-3-5-10(9)19-11/h2-6,15H,7H2,1H3. The van der Waals surface area contributed by atoms with Gasteiger partial charge in [0.15, 0.2) is 0 Å². The third kappa shape index (κ3) is 3.19. The Bertz CT molecular complexity index is 847. The highest BCUT2D eigenvalue weighted by Gasteiger charge is 2.18. The molecule has 2 heterocycles. The van der Waals surface area contributed by atoms with Crippen molar-refractivity contribution in [2.45, 2.75) is 17.7 Å². The Morgan fingerprint density at radius 1 is 1.29 bits per heavy atom. The van der Waals surface area contributed by atoms with Crippen LogP contribution in [-0.2, 0) is 16.6 Å². The minimum absolute atomic E-state index is 0.205. The van der Waals surface area contributed by atoms with Gasteiger partial charge in [0.1, 0.15) is 9.22 Å². The number of nitrogens with one attached hydrogen (secondary N) is 1. The Balaban J connectivity index is 1.80. The van der Waals surface area contributed by atoms with Gasteiger partial charge in [-0.3, -0.25) is 0 Å². The van der Waals surface area contributed by atoms with Crippen LogP contribution >= 0.6 is 38.6 Å². The maximum atomic E-state index is 12.2. The molecule has 8 heteroatoms. The van der Waals surface area contributed by atoms with E-state index in [2.05, 4.69) is 25.6 Å². The normalized spacial score (nSPS) is 12.1. The van der Waals surface area contributed by atoms with Crippen LogP contribution in [0, 0.1) is 6.92 Å². The van der Waals surface area contributed by atoms with Gasteiger partial charge in [-0.2, -0.15) is 0 Å². The van der Waals surface area contributed by atoms with Crippen LogP contribution in [0.4, 0.5) is 0 Å². The highest BCUT2D eigenvalue weighted by molar-refractivity contribution is 9.11. The lowest BCUT2D eigenvalue weighted by Gasteiger charge is -2.01. The molecule has 21 heavy (non-hydrogen) atoms. The van der Waals surface area contributed by atoms with Crippen molar-refractivity contribution in [3.8, 4) is 0 Å². The smallest absolute Gasteiger partial charge is 0.240 e. The minimum atomic E-state index is -3.49. The van der Waals surface area contributed by atoms with Crippen LogP contribution in [0.3, 0.4) is 0 Å². The van der Waals surface area contributed by atoms with Gasteiger partial charge in [-0.15, -0.1) is 22.7 Å². The summed E-state index contributed by atoms with van der Waals surface area (Å²) in [5.41, 5.74) is 1.81. The molecule has 1 N–H and O–H groups in total. The van der Waals surface area contributed by atoms with Crippen molar-refractivity contribution < 1.29 is 8.42 Å². The van der Waals surface area contributed by atoms with Crippen LogP contribution in [0.1, 0.15) is 10.6 Å². The number of benzene rings is 1. The Hall–Kier alpha value is -0.800. The zero-order valence-electron chi connectivity index (χ0n) is 11.0. The van der Waals surface area contributed by atoms with E-state index in [1.807, 2.05) is 31.2 Å². The van der Waals surface area contributed by atoms with E-state index in [1.54, 1.807) is 6.07 Å². The van der Waals surface area contributed by atoms with Crippen LogP contribution in [0.2, 0.25) is 0 Å². The molecule has 0 saturated carbocycles. The van der Waals surface area contributed by atoms with E-state index >= 15 is 0 Å². The average molecular weight is 403 g/mol. The molecule has 0 fully saturated rings. The number of thiazole rings is 1. The van der Waals surface area contributed by atoms with E-state index in [-0.39, 0.29) is 6.54 Å². The molecule has 2 aromatic heterocycles. The van der Waals surface area contributed by atoms with Gasteiger partial charge in [0.05, 0.1) is 20.5 Å². The number of hydrogen-bond acceptors (Lipinski definition) is 5. The van der Waals surface area contributed by atoms with Gasteiger partial charge in [0.2, 0.25) is 10.0 Å². The summed E-state index contributed by atoms with van der Waals surface area (Å²) in [4.78, 5) is 4.42. The molecule has 4 nitrogen and oxygen atoms in total. The number of rotatable bonds is 4. The summed E-state index contributed by atoms with van der Waals surface area (Å²) in [6.45, 7) is 2.07. The number of para-hydroxylation sites is 1. The molecule has 110 valence electrons. The largest absolute Gasteiger partial charge is 0.250 e. The van der Waals surface area contributed by atoms with Crippen LogP contribution < -0.4 is 4.72 Å². The van der Waals surface area contributed by atoms with Crippen LogP contribution in [-0.4, -0.2) is 13.4 Å². The molecular weight excluding hydrogens is 392 g/mol. The quantitative estimate of drug-likeness (QED) is 0.719. The summed E-state index contributed by atoms with van der Waals surface area (Å²) in [6.07, 6.45) is 0. The second-order valence-electron chi connectivity index (χ2n) is 4.42. The van der Waals surface area contributed by atoms with E-state index in [4.69, 9.17) is 0 Å². The summed E-state index contributed by atoms with van der Waals surface area (Å²) >= 11 is 6.05. The minimum Gasteiger partial charge on any atom is -0.240 e. The Labute approximate surface area is 139 Å². The Morgan fingerprint density at radius 3 is 2.71 bits per heavy atom. The maximum absolute atomic E-state index is 12.2. The van der Waals surface area contributed by atoms with Crippen molar-refractivity contribution >= 4 is 58.8 Å². The number of nitrogens with zero attached hydrogens (tertiary/aromatic N) is 1. The molecule has 0 aliphatic carbocycles. The van der Waals surface area contributed by atoms with E-state index < -0.39 is 10.0 Å². The Kier molecular flexibility index (Phi) is 4.15. The van der Waals surface area contributed by atoms with Gasteiger partial charge in [0.25, 0.3) is 0 Å². The van der Waals surface area contributed by atoms with Crippen molar-refractivity contribution in [3.05, 3.63) is 44.7 Å². The zero-order chi connectivity index (χ0) is 15.0. The van der Waals surface area contributed by atoms with Crippen LogP contribution in [0.25, 0.3) is 10.2 Å². The predicted molar refractivity (Wildman–Crippen MR) is 90.4 cm³/mol. The first kappa shape index (κ1) is 15.1. The second kappa shape index (κ2) is 5.77. The number of fused-ring (bicyclic) bond motifs is 1. The summed E-state index contributed by atoms with van der Waals surface area (Å²) in [5.74, 6) is 0. The lowest BCUT2D eigenvalue weighted by molar-refractivity contribution is 0.583. The number of thiophene rings is 1. The van der Waals surface area contributed by atoms with Gasteiger partial charge in [-0.05, 0) is 46.6 Å². The first-order valence-electron chi connectivity index (χ1n) is 6.06. The monoisotopic (exact) mass is 402 g/mol. The van der Waals surface area contributed by atoms with Gasteiger partial charge >= 0.3 is 0 Å². The third-order valence-corrected chi connectivity index (χ3v) is 7.90. The molecule has 0 saturated heterocycles. The molecule has 3 rings (SSSR count). The van der Waals surface area contributed by atoms with Gasteiger partial charge in [0, 0.05) is 0 Å². The van der Waals surface area contributed by atoms with E-state index in [1.165, 1.54) is 22.7 Å². The number of aromatic nitrogens is 1. The van der Waals surface area contributed by atoms with Gasteiger partial charge in [-0.1, -0.05) is 12.1 Å². The SMILES string of the molecule is Cc1cc(S(=O)(=O)NCc2nc3ccccc3s2)sc1Br. The summed E-state index contributed by atoms with van der Waals surface area (Å²) < 4.78 is 29.3. The molecule has 0 bridgehead atoms. The van der Waals surface area contributed by atoms with E-state index in [0.29, 0.717) is 4.21 Å². The van der Waals surface area contributed by atoms with Crippen molar-refractivity contribution in [2.75, 3.05) is 0 Å². The molecule has 0 atom stereocenters. The third-order valence-electron chi connectivity index (χ3n) is 2.85. The van der Waals surface area contributed by atoms with Crippen LogP contribution in [0.5, 0.6) is 0 Å². The number of halogens is 1. The molecule has 0 unspecified atom stereocenters. The molecule has 0 aliphatic rings. The van der Waals surface area contributed by atoms with E-state index in [0.717, 1.165) is 24.6 Å². The highest BCUT2D eigenvalue weighted by Crippen LogP contribution is 2.30. The zero-order valence-corrected chi connectivity index (χ0v) is 15.0. The van der Waals surface area contributed by atoms with Gasteiger partial charge < -0.3 is 0 Å². The highest BCUT2D eigenvalue weighted by atomic mass is 79.9. The van der Waals surface area contributed by atoms with Crippen molar-refractivity contribution in [1.29, 1.82) is 0 Å². The summed E-state index contributed by atoms with van der Waals surface area (Å²) in [5, 5.41) is 0.757. The van der Waals surface area contributed by atoms with E-state index in [9.17, 15) is 8.42 Å². The average Bonchev–Trinajstić information content (AvgIpc) is 3.01. The maximum Gasteiger partial charge on any atom is 0.250 e. The number of sulfonamides is 1. The fourth-order valence-electron chi connectivity index (χ4n) is 1.79. The summed E-state index contributed by atoms with van der Waals surface area (Å²) in [6, 6.07) is 9.42. The topological polar surface area (TPSA) is 59.1 Å². The molecule has 1 aromatic carbocycles. The second-order valence-corrected chi connectivity index (χ2v) is 9.90. The van der Waals surface area contributed by atoms with Crippen LogP contribution in [0.15, 0.2) is 38.3 Å². The van der Waals surface area contributed by atoms with Crippen molar-refractivity contribution in [3.63, 3.8) is 0 Å². The van der Waals surface area contributed by atoms with Crippen molar-refractivity contribution in [1.82, 2.24) is 9.71 Å². The molecule has 0 amide bonds. The number of hydrogen-bond donors (Lipinski definition) is 1. The fraction of sp³-hybridized carbons (Fsp3) is 0.154. The molecule has 3 aromatic rings. The van der Waals surface area contributed by atoms with Gasteiger partial charge in [-0.25, -0.2) is 18.1 Å². The first-order valence-corrected chi connectivity index (χ1v) is 9.97. The lowest BCUT2D eigenvalue weighted by Crippen LogP contribution is -2.22. The number of aryl methyl sites for hydroxylation is 1. The molecule has 0 radical (unpaired) electrons. The molecule has 0 spiro atoms. The molecular formula is C13H11BrN2O2S3. The van der Waals surface area contributed by atoms with Crippen molar-refractivity contribution in [2.24, 2.45) is 0 Å². The Morgan fingerprint density at radius 2 is 2.05 bits per heavy atom. The first-order chi connectivity index (χ1) is 9.95. The predicted octanol–water partition coefficient (Wildman–Crippen LogP) is 3.91. The fourth-order valence-corrected chi connectivity index (χ4v) is 6.04.